The molecule has 0 spiro atoms. The zero-order chi connectivity index (χ0) is 15.8. The zero-order valence-corrected chi connectivity index (χ0v) is 14.2. The number of aromatic nitrogens is 1. The van der Waals surface area contributed by atoms with Gasteiger partial charge in [0, 0.05) is 5.38 Å². The van der Waals surface area contributed by atoms with Gasteiger partial charge in [-0.3, -0.25) is 5.43 Å². The summed E-state index contributed by atoms with van der Waals surface area (Å²) >= 11 is 1.55. The van der Waals surface area contributed by atoms with Crippen molar-refractivity contribution in [2.24, 2.45) is 5.10 Å². The molecular formula is C17H23N3OS. The molecule has 0 aliphatic heterocycles. The summed E-state index contributed by atoms with van der Waals surface area (Å²) in [5.74, 6) is 0.955. The van der Waals surface area contributed by atoms with Crippen molar-refractivity contribution in [2.75, 3.05) is 12.0 Å². The van der Waals surface area contributed by atoms with E-state index in [1.54, 1.807) is 17.6 Å². The van der Waals surface area contributed by atoms with Gasteiger partial charge in [0.1, 0.15) is 5.75 Å². The molecule has 0 fully saturated rings. The summed E-state index contributed by atoms with van der Waals surface area (Å²) in [6.45, 7) is 7.01. The summed E-state index contributed by atoms with van der Waals surface area (Å²) in [5.41, 5.74) is 6.12. The minimum absolute atomic E-state index is 0.785. The topological polar surface area (TPSA) is 46.5 Å². The Balaban J connectivity index is 1.88. The number of anilines is 1. The van der Waals surface area contributed by atoms with E-state index in [0.29, 0.717) is 0 Å². The molecule has 1 N–H and O–H groups in total. The minimum atomic E-state index is 0.785. The number of benzene rings is 1. The van der Waals surface area contributed by atoms with Crippen molar-refractivity contribution in [3.05, 3.63) is 40.4 Å². The van der Waals surface area contributed by atoms with Crippen molar-refractivity contribution in [1.82, 2.24) is 4.98 Å². The second kappa shape index (κ2) is 8.54. The van der Waals surface area contributed by atoms with E-state index in [-0.39, 0.29) is 0 Å². The Labute approximate surface area is 136 Å². The highest BCUT2D eigenvalue weighted by Gasteiger charge is 2.00. The van der Waals surface area contributed by atoms with Gasteiger partial charge in [-0.2, -0.15) is 5.10 Å². The number of nitrogens with one attached hydrogen (secondary N) is 1. The molecule has 5 heteroatoms. The van der Waals surface area contributed by atoms with Crippen LogP contribution in [-0.2, 0) is 0 Å². The first-order valence-corrected chi connectivity index (χ1v) is 8.51. The van der Waals surface area contributed by atoms with Gasteiger partial charge in [0.05, 0.1) is 18.5 Å². The van der Waals surface area contributed by atoms with E-state index in [4.69, 9.17) is 4.74 Å². The first-order valence-electron chi connectivity index (χ1n) is 7.63. The number of unbranched alkanes of at least 4 members (excludes halogenated alkanes) is 2. The second-order valence-electron chi connectivity index (χ2n) is 5.24. The van der Waals surface area contributed by atoms with E-state index in [0.717, 1.165) is 40.7 Å². The Kier molecular flexibility index (Phi) is 6.40. The lowest BCUT2D eigenvalue weighted by atomic mass is 10.1. The van der Waals surface area contributed by atoms with Crippen LogP contribution in [0.15, 0.2) is 28.7 Å². The quantitative estimate of drug-likeness (QED) is 0.433. The largest absolute Gasteiger partial charge is 0.493 e. The molecule has 1 heterocycles. The van der Waals surface area contributed by atoms with Gasteiger partial charge in [0.2, 0.25) is 5.13 Å². The van der Waals surface area contributed by atoms with Gasteiger partial charge in [-0.15, -0.1) is 11.3 Å². The van der Waals surface area contributed by atoms with Crippen LogP contribution in [0.25, 0.3) is 0 Å². The molecule has 1 aromatic heterocycles. The number of thiazole rings is 1. The molecule has 0 bridgehead atoms. The van der Waals surface area contributed by atoms with Crippen LogP contribution in [0.1, 0.15) is 43.0 Å². The molecule has 0 saturated carbocycles. The third-order valence-electron chi connectivity index (χ3n) is 3.20. The molecule has 0 saturated heterocycles. The SMILES string of the molecule is CCCCCOc1ccc(C=NNc2nc(C)cs2)cc1C. The minimum Gasteiger partial charge on any atom is -0.493 e. The van der Waals surface area contributed by atoms with Crippen LogP contribution in [-0.4, -0.2) is 17.8 Å². The third kappa shape index (κ3) is 5.15. The van der Waals surface area contributed by atoms with Crippen LogP contribution in [0.5, 0.6) is 5.75 Å². The molecular weight excluding hydrogens is 294 g/mol. The van der Waals surface area contributed by atoms with E-state index in [9.17, 15) is 0 Å². The predicted molar refractivity (Wildman–Crippen MR) is 94.3 cm³/mol. The Bertz CT molecular complexity index is 622. The Morgan fingerprint density at radius 3 is 2.86 bits per heavy atom. The first kappa shape index (κ1) is 16.5. The standard InChI is InChI=1S/C17H23N3OS/c1-4-5-6-9-21-16-8-7-15(10-13(16)2)11-18-20-17-19-14(3)12-22-17/h7-8,10-12H,4-6,9H2,1-3H3,(H,19,20). The van der Waals surface area contributed by atoms with Gasteiger partial charge in [-0.1, -0.05) is 19.8 Å². The molecule has 1 aromatic carbocycles. The van der Waals surface area contributed by atoms with Crippen LogP contribution in [0.2, 0.25) is 0 Å². The van der Waals surface area contributed by atoms with Crippen molar-refractivity contribution in [1.29, 1.82) is 0 Å². The summed E-state index contributed by atoms with van der Waals surface area (Å²) in [4.78, 5) is 4.30. The summed E-state index contributed by atoms with van der Waals surface area (Å²) in [6.07, 6.45) is 5.33. The maximum Gasteiger partial charge on any atom is 0.203 e. The molecule has 0 aliphatic rings. The van der Waals surface area contributed by atoms with Crippen molar-refractivity contribution >= 4 is 22.7 Å². The normalized spacial score (nSPS) is 11.0. The maximum atomic E-state index is 5.80. The molecule has 4 nitrogen and oxygen atoms in total. The Hall–Kier alpha value is -1.88. The van der Waals surface area contributed by atoms with E-state index in [2.05, 4.69) is 35.4 Å². The summed E-state index contributed by atoms with van der Waals surface area (Å²) in [7, 11) is 0. The molecule has 0 atom stereocenters. The number of ether oxygens (including phenoxy) is 1. The van der Waals surface area contributed by atoms with Gasteiger partial charge in [0.25, 0.3) is 0 Å². The molecule has 0 amide bonds. The third-order valence-corrected chi connectivity index (χ3v) is 4.06. The predicted octanol–water partition coefficient (Wildman–Crippen LogP) is 4.77. The lowest BCUT2D eigenvalue weighted by Crippen LogP contribution is -1.99. The smallest absolute Gasteiger partial charge is 0.203 e. The lowest BCUT2D eigenvalue weighted by molar-refractivity contribution is 0.304. The van der Waals surface area contributed by atoms with Crippen molar-refractivity contribution in [3.63, 3.8) is 0 Å². The van der Waals surface area contributed by atoms with Crippen LogP contribution in [0, 0.1) is 13.8 Å². The van der Waals surface area contributed by atoms with E-state index in [1.807, 2.05) is 24.4 Å². The van der Waals surface area contributed by atoms with Gasteiger partial charge in [-0.25, -0.2) is 4.98 Å². The fourth-order valence-electron chi connectivity index (χ4n) is 2.02. The number of nitrogens with zero attached hydrogens (tertiary/aromatic N) is 2. The van der Waals surface area contributed by atoms with Gasteiger partial charge < -0.3 is 4.74 Å². The van der Waals surface area contributed by atoms with E-state index < -0.39 is 0 Å². The molecule has 2 aromatic rings. The molecule has 0 unspecified atom stereocenters. The Morgan fingerprint density at radius 1 is 1.32 bits per heavy atom. The van der Waals surface area contributed by atoms with Crippen LogP contribution >= 0.6 is 11.3 Å². The molecule has 22 heavy (non-hydrogen) atoms. The van der Waals surface area contributed by atoms with E-state index >= 15 is 0 Å². The highest BCUT2D eigenvalue weighted by molar-refractivity contribution is 7.13. The van der Waals surface area contributed by atoms with Gasteiger partial charge in [0.15, 0.2) is 0 Å². The average Bonchev–Trinajstić information content (AvgIpc) is 2.91. The van der Waals surface area contributed by atoms with E-state index in [1.165, 1.54) is 12.8 Å². The molecule has 118 valence electrons. The van der Waals surface area contributed by atoms with Crippen LogP contribution < -0.4 is 10.2 Å². The zero-order valence-electron chi connectivity index (χ0n) is 13.4. The number of hydrogen-bond donors (Lipinski definition) is 1. The fraction of sp³-hybridized carbons (Fsp3) is 0.412. The lowest BCUT2D eigenvalue weighted by Gasteiger charge is -2.09. The van der Waals surface area contributed by atoms with Gasteiger partial charge >= 0.3 is 0 Å². The molecule has 2 rings (SSSR count). The number of aryl methyl sites for hydroxylation is 2. The van der Waals surface area contributed by atoms with Gasteiger partial charge in [-0.05, 0) is 49.6 Å². The van der Waals surface area contributed by atoms with Crippen molar-refractivity contribution in [2.45, 2.75) is 40.0 Å². The van der Waals surface area contributed by atoms with Crippen LogP contribution in [0.4, 0.5) is 5.13 Å². The Morgan fingerprint density at radius 2 is 2.18 bits per heavy atom. The molecule has 0 radical (unpaired) electrons. The van der Waals surface area contributed by atoms with Crippen LogP contribution in [0.3, 0.4) is 0 Å². The average molecular weight is 317 g/mol. The summed E-state index contributed by atoms with van der Waals surface area (Å²) in [5, 5.41) is 7.01. The maximum absolute atomic E-state index is 5.80. The summed E-state index contributed by atoms with van der Waals surface area (Å²) in [6, 6.07) is 6.10. The highest BCUT2D eigenvalue weighted by atomic mass is 32.1. The number of rotatable bonds is 8. The monoisotopic (exact) mass is 317 g/mol. The number of hydrazone groups is 1. The summed E-state index contributed by atoms with van der Waals surface area (Å²) < 4.78 is 5.80. The fourth-order valence-corrected chi connectivity index (χ4v) is 2.65. The van der Waals surface area contributed by atoms with Crippen molar-refractivity contribution < 1.29 is 4.74 Å². The second-order valence-corrected chi connectivity index (χ2v) is 6.10. The first-order chi connectivity index (χ1) is 10.7. The van der Waals surface area contributed by atoms with Crippen molar-refractivity contribution in [3.8, 4) is 5.75 Å². The number of hydrogen-bond acceptors (Lipinski definition) is 5. The highest BCUT2D eigenvalue weighted by Crippen LogP contribution is 2.19. The molecule has 0 aliphatic carbocycles.